The van der Waals surface area contributed by atoms with Gasteiger partial charge in [-0.25, -0.2) is 0 Å². The second-order valence-electron chi connectivity index (χ2n) is 4.15. The minimum atomic E-state index is -0.622. The largest absolute Gasteiger partial charge is 0.433 e. The summed E-state index contributed by atoms with van der Waals surface area (Å²) in [5.41, 5.74) is 0.903. The molecule has 0 unspecified atom stereocenters. The highest BCUT2D eigenvalue weighted by atomic mass is 16.6. The van der Waals surface area contributed by atoms with E-state index in [-0.39, 0.29) is 17.7 Å². The van der Waals surface area contributed by atoms with Crippen LogP contribution in [0.15, 0.2) is 27.9 Å². The van der Waals surface area contributed by atoms with E-state index in [0.29, 0.717) is 11.3 Å². The number of nitrogens with zero attached hydrogens (tertiary/aromatic N) is 4. The molecular weight excluding hydrogens is 252 g/mol. The van der Waals surface area contributed by atoms with Gasteiger partial charge in [-0.15, -0.1) is 0 Å². The smallest absolute Gasteiger partial charge is 0.411 e. The van der Waals surface area contributed by atoms with E-state index in [1.807, 2.05) is 13.8 Å². The zero-order valence-electron chi connectivity index (χ0n) is 10.3. The molecule has 19 heavy (non-hydrogen) atoms. The number of nitro groups is 1. The molecule has 8 nitrogen and oxygen atoms in total. The van der Waals surface area contributed by atoms with Crippen LogP contribution >= 0.6 is 0 Å². The molecule has 0 atom stereocenters. The van der Waals surface area contributed by atoms with Crippen LogP contribution in [-0.4, -0.2) is 26.1 Å². The van der Waals surface area contributed by atoms with E-state index < -0.39 is 4.92 Å². The zero-order valence-corrected chi connectivity index (χ0v) is 10.3. The summed E-state index contributed by atoms with van der Waals surface area (Å²) in [5, 5.41) is 26.4. The Morgan fingerprint density at radius 1 is 1.58 bits per heavy atom. The van der Waals surface area contributed by atoms with Gasteiger partial charge in [0.2, 0.25) is 0 Å². The Morgan fingerprint density at radius 2 is 2.32 bits per heavy atom. The first-order valence-corrected chi connectivity index (χ1v) is 5.54. The highest BCUT2D eigenvalue weighted by molar-refractivity contribution is 5.87. The summed E-state index contributed by atoms with van der Waals surface area (Å²) in [7, 11) is 0. The minimum absolute atomic E-state index is 0.101. The Balaban J connectivity index is 2.49. The molecule has 0 aliphatic rings. The lowest BCUT2D eigenvalue weighted by molar-refractivity contribution is -0.401. The van der Waals surface area contributed by atoms with Crippen molar-refractivity contribution in [1.82, 2.24) is 9.78 Å². The topological polar surface area (TPSA) is 107 Å². The van der Waals surface area contributed by atoms with E-state index in [2.05, 4.69) is 10.3 Å². The second-order valence-corrected chi connectivity index (χ2v) is 4.15. The van der Waals surface area contributed by atoms with Gasteiger partial charge in [0.05, 0.1) is 12.3 Å². The van der Waals surface area contributed by atoms with Crippen LogP contribution < -0.4 is 0 Å². The Hall–Kier alpha value is -2.64. The van der Waals surface area contributed by atoms with Gasteiger partial charge in [-0.3, -0.25) is 14.8 Å². The molecule has 2 aromatic heterocycles. The van der Waals surface area contributed by atoms with Crippen molar-refractivity contribution in [3.05, 3.63) is 34.0 Å². The molecule has 0 spiro atoms. The van der Waals surface area contributed by atoms with Gasteiger partial charge >= 0.3 is 5.88 Å². The molecule has 2 heterocycles. The number of hydrogen-bond acceptors (Lipinski definition) is 6. The lowest BCUT2D eigenvalue weighted by atomic mass is 10.2. The average molecular weight is 264 g/mol. The molecule has 0 aliphatic carbocycles. The van der Waals surface area contributed by atoms with Crippen molar-refractivity contribution in [1.29, 1.82) is 0 Å². The molecule has 8 heteroatoms. The predicted octanol–water partition coefficient (Wildman–Crippen LogP) is 2.44. The van der Waals surface area contributed by atoms with Gasteiger partial charge in [-0.1, -0.05) is 5.16 Å². The summed E-state index contributed by atoms with van der Waals surface area (Å²) in [6, 6.07) is 2.81. The van der Waals surface area contributed by atoms with Crippen molar-refractivity contribution < 1.29 is 14.5 Å². The van der Waals surface area contributed by atoms with E-state index in [9.17, 15) is 10.1 Å². The van der Waals surface area contributed by atoms with Gasteiger partial charge < -0.3 is 9.62 Å². The molecule has 0 amide bonds. The fraction of sp³-hybridized carbons (Fsp3) is 0.273. The first kappa shape index (κ1) is 12.8. The molecular formula is C11H12N4O4. The van der Waals surface area contributed by atoms with Crippen molar-refractivity contribution in [3.8, 4) is 11.5 Å². The van der Waals surface area contributed by atoms with Crippen molar-refractivity contribution in [2.24, 2.45) is 5.16 Å². The van der Waals surface area contributed by atoms with Gasteiger partial charge in [0.1, 0.15) is 10.6 Å². The van der Waals surface area contributed by atoms with E-state index in [1.54, 1.807) is 10.9 Å². The molecule has 0 radical (unpaired) electrons. The molecule has 100 valence electrons. The first-order chi connectivity index (χ1) is 9.02. The number of hydrogen-bond donors (Lipinski definition) is 1. The van der Waals surface area contributed by atoms with E-state index >= 15 is 0 Å². The highest BCUT2D eigenvalue weighted by Crippen LogP contribution is 2.27. The first-order valence-electron chi connectivity index (χ1n) is 5.54. The summed E-state index contributed by atoms with van der Waals surface area (Å²) >= 11 is 0. The predicted molar refractivity (Wildman–Crippen MR) is 66.3 cm³/mol. The van der Waals surface area contributed by atoms with E-state index in [4.69, 9.17) is 9.62 Å². The molecule has 1 N–H and O–H groups in total. The standard InChI is InChI=1S/C11H12N4O4/c1-7(2)14-6-8(5-12-16)11(13-14)9-3-4-10(19-9)15(17)18/h3-7,16H,1-2H3. The monoisotopic (exact) mass is 264 g/mol. The highest BCUT2D eigenvalue weighted by Gasteiger charge is 2.18. The third kappa shape index (κ3) is 2.46. The second kappa shape index (κ2) is 4.92. The fourth-order valence-electron chi connectivity index (χ4n) is 1.57. The molecule has 0 aliphatic heterocycles. The SMILES string of the molecule is CC(C)n1cc(C=NO)c(-c2ccc([N+](=O)[O-])o2)n1. The maximum absolute atomic E-state index is 10.6. The normalized spacial score (nSPS) is 11.5. The minimum Gasteiger partial charge on any atom is -0.411 e. The summed E-state index contributed by atoms with van der Waals surface area (Å²) < 4.78 is 6.75. The van der Waals surface area contributed by atoms with Crippen LogP contribution in [0.3, 0.4) is 0 Å². The molecule has 2 rings (SSSR count). The average Bonchev–Trinajstić information content (AvgIpc) is 2.94. The van der Waals surface area contributed by atoms with Crippen LogP contribution in [0.5, 0.6) is 0 Å². The zero-order chi connectivity index (χ0) is 14.0. The summed E-state index contributed by atoms with van der Waals surface area (Å²) in [6.45, 7) is 3.86. The lowest BCUT2D eigenvalue weighted by Crippen LogP contribution is -2.00. The lowest BCUT2D eigenvalue weighted by Gasteiger charge is -2.02. The van der Waals surface area contributed by atoms with Gasteiger partial charge in [0.25, 0.3) is 0 Å². The molecule has 0 fully saturated rings. The molecule has 0 saturated heterocycles. The molecule has 0 aromatic carbocycles. The maximum atomic E-state index is 10.6. The molecule has 2 aromatic rings. The Kier molecular flexibility index (Phi) is 3.32. The van der Waals surface area contributed by atoms with Crippen LogP contribution in [0.1, 0.15) is 25.5 Å². The van der Waals surface area contributed by atoms with Crippen molar-refractivity contribution in [2.75, 3.05) is 0 Å². The van der Waals surface area contributed by atoms with Crippen LogP contribution in [0.25, 0.3) is 11.5 Å². The third-order valence-corrected chi connectivity index (χ3v) is 2.49. The van der Waals surface area contributed by atoms with Gasteiger partial charge in [0.15, 0.2) is 5.76 Å². The van der Waals surface area contributed by atoms with Gasteiger partial charge in [-0.2, -0.15) is 5.10 Å². The Labute approximate surface area is 108 Å². The Morgan fingerprint density at radius 3 is 2.84 bits per heavy atom. The van der Waals surface area contributed by atoms with Gasteiger partial charge in [-0.05, 0) is 19.9 Å². The maximum Gasteiger partial charge on any atom is 0.433 e. The third-order valence-electron chi connectivity index (χ3n) is 2.49. The summed E-state index contributed by atoms with van der Waals surface area (Å²) in [4.78, 5) is 9.97. The van der Waals surface area contributed by atoms with Crippen LogP contribution in [0.2, 0.25) is 0 Å². The van der Waals surface area contributed by atoms with E-state index in [1.165, 1.54) is 18.3 Å². The van der Waals surface area contributed by atoms with Crippen LogP contribution in [0, 0.1) is 10.1 Å². The van der Waals surface area contributed by atoms with Gasteiger partial charge in [0, 0.05) is 17.8 Å². The van der Waals surface area contributed by atoms with E-state index in [0.717, 1.165) is 0 Å². The Bertz CT molecular complexity index is 626. The number of oxime groups is 1. The van der Waals surface area contributed by atoms with Crippen molar-refractivity contribution in [3.63, 3.8) is 0 Å². The van der Waals surface area contributed by atoms with Crippen LogP contribution in [0.4, 0.5) is 5.88 Å². The summed E-state index contributed by atoms with van der Waals surface area (Å²) in [5.74, 6) is -0.109. The fourth-order valence-corrected chi connectivity index (χ4v) is 1.57. The van der Waals surface area contributed by atoms with Crippen LogP contribution in [-0.2, 0) is 0 Å². The van der Waals surface area contributed by atoms with Crippen molar-refractivity contribution in [2.45, 2.75) is 19.9 Å². The number of rotatable bonds is 4. The quantitative estimate of drug-likeness (QED) is 0.395. The number of furan rings is 1. The molecule has 0 bridgehead atoms. The molecule has 0 saturated carbocycles. The number of aromatic nitrogens is 2. The van der Waals surface area contributed by atoms with Crippen molar-refractivity contribution >= 4 is 12.1 Å². The summed E-state index contributed by atoms with van der Waals surface area (Å²) in [6.07, 6.45) is 2.88.